The first-order valence-electron chi connectivity index (χ1n) is 4.82. The molecule has 0 saturated carbocycles. The summed E-state index contributed by atoms with van der Waals surface area (Å²) in [6.07, 6.45) is 6.11. The smallest absolute Gasteiger partial charge is 0.224 e. The Hall–Kier alpha value is -0.830. The molecule has 2 unspecified atom stereocenters. The summed E-state index contributed by atoms with van der Waals surface area (Å²) in [4.78, 5) is 11.5. The van der Waals surface area contributed by atoms with Crippen LogP contribution in [0.1, 0.15) is 26.7 Å². The zero-order chi connectivity index (χ0) is 9.84. The van der Waals surface area contributed by atoms with Crippen molar-refractivity contribution >= 4 is 5.91 Å². The average Bonchev–Trinajstić information content (AvgIpc) is 2.55. The van der Waals surface area contributed by atoms with Gasteiger partial charge in [-0.05, 0) is 19.8 Å². The highest BCUT2D eigenvalue weighted by Crippen LogP contribution is 2.10. The lowest BCUT2D eigenvalue weighted by Gasteiger charge is -2.18. The summed E-state index contributed by atoms with van der Waals surface area (Å²) in [5, 5.41) is 2.98. The summed E-state index contributed by atoms with van der Waals surface area (Å²) in [5.41, 5.74) is 5.63. The summed E-state index contributed by atoms with van der Waals surface area (Å²) in [5.74, 6) is -0.0238. The highest BCUT2D eigenvalue weighted by Gasteiger charge is 2.20. The second-order valence-electron chi connectivity index (χ2n) is 3.80. The second kappa shape index (κ2) is 4.42. The number of carbonyl (C=O) groups excluding carboxylic acids is 1. The van der Waals surface area contributed by atoms with Crippen LogP contribution in [0.2, 0.25) is 0 Å². The third-order valence-corrected chi connectivity index (χ3v) is 2.56. The zero-order valence-electron chi connectivity index (χ0n) is 8.29. The minimum atomic E-state index is -0.0967. The van der Waals surface area contributed by atoms with Gasteiger partial charge in [0.15, 0.2) is 0 Å². The number of carbonyl (C=O) groups is 1. The van der Waals surface area contributed by atoms with Crippen LogP contribution in [-0.4, -0.2) is 18.0 Å². The minimum absolute atomic E-state index is 0.0729. The Morgan fingerprint density at radius 1 is 1.46 bits per heavy atom. The van der Waals surface area contributed by atoms with Crippen LogP contribution < -0.4 is 11.1 Å². The Labute approximate surface area is 79.4 Å². The molecule has 0 bridgehead atoms. The van der Waals surface area contributed by atoms with E-state index in [1.54, 1.807) is 0 Å². The molecule has 0 aromatic heterocycles. The lowest BCUT2D eigenvalue weighted by Crippen LogP contribution is -2.42. The second-order valence-corrected chi connectivity index (χ2v) is 3.80. The molecule has 1 amide bonds. The Balaban J connectivity index is 2.32. The molecule has 0 saturated heterocycles. The maximum atomic E-state index is 11.5. The molecule has 1 aliphatic carbocycles. The van der Waals surface area contributed by atoms with Crippen LogP contribution in [0, 0.1) is 5.92 Å². The van der Waals surface area contributed by atoms with Crippen molar-refractivity contribution in [1.82, 2.24) is 5.32 Å². The maximum absolute atomic E-state index is 11.5. The van der Waals surface area contributed by atoms with Gasteiger partial charge in [-0.1, -0.05) is 19.1 Å². The van der Waals surface area contributed by atoms with Crippen molar-refractivity contribution < 1.29 is 4.79 Å². The molecule has 0 fully saturated rings. The molecule has 0 aliphatic heterocycles. The van der Waals surface area contributed by atoms with E-state index in [0.29, 0.717) is 6.04 Å². The van der Waals surface area contributed by atoms with E-state index in [4.69, 9.17) is 5.73 Å². The Morgan fingerprint density at radius 3 is 2.46 bits per heavy atom. The molecule has 2 atom stereocenters. The Morgan fingerprint density at radius 2 is 2.00 bits per heavy atom. The Bertz CT molecular complexity index is 203. The van der Waals surface area contributed by atoms with E-state index in [0.717, 1.165) is 12.8 Å². The molecule has 0 spiro atoms. The SMILES string of the molecule is CC(N)C(C)C(=O)NC1CC=CC1. The van der Waals surface area contributed by atoms with Crippen LogP contribution in [0.3, 0.4) is 0 Å². The van der Waals surface area contributed by atoms with E-state index in [1.165, 1.54) is 0 Å². The molecule has 1 rings (SSSR count). The molecule has 1 aliphatic rings. The van der Waals surface area contributed by atoms with E-state index in [-0.39, 0.29) is 17.9 Å². The molecule has 3 heteroatoms. The van der Waals surface area contributed by atoms with Gasteiger partial charge in [-0.3, -0.25) is 4.79 Å². The molecule has 0 radical (unpaired) electrons. The highest BCUT2D eigenvalue weighted by atomic mass is 16.1. The number of hydrogen-bond acceptors (Lipinski definition) is 2. The highest BCUT2D eigenvalue weighted by molar-refractivity contribution is 5.79. The predicted molar refractivity (Wildman–Crippen MR) is 53.1 cm³/mol. The third-order valence-electron chi connectivity index (χ3n) is 2.56. The summed E-state index contributed by atoms with van der Waals surface area (Å²) < 4.78 is 0. The molecule has 74 valence electrons. The van der Waals surface area contributed by atoms with Crippen LogP contribution in [0.5, 0.6) is 0 Å². The van der Waals surface area contributed by atoms with Crippen LogP contribution in [-0.2, 0) is 4.79 Å². The van der Waals surface area contributed by atoms with E-state index >= 15 is 0 Å². The van der Waals surface area contributed by atoms with Crippen LogP contribution in [0.25, 0.3) is 0 Å². The third kappa shape index (κ3) is 2.84. The number of rotatable bonds is 3. The number of nitrogens with one attached hydrogen (secondary N) is 1. The van der Waals surface area contributed by atoms with E-state index < -0.39 is 0 Å². The van der Waals surface area contributed by atoms with Crippen LogP contribution in [0.15, 0.2) is 12.2 Å². The molecular formula is C10H18N2O. The fraction of sp³-hybridized carbons (Fsp3) is 0.700. The quantitative estimate of drug-likeness (QED) is 0.634. The molecule has 0 heterocycles. The average molecular weight is 182 g/mol. The standard InChI is InChI=1S/C10H18N2O/c1-7(8(2)11)10(13)12-9-5-3-4-6-9/h3-4,7-9H,5-6,11H2,1-2H3,(H,12,13). The molecular weight excluding hydrogens is 164 g/mol. The summed E-state index contributed by atoms with van der Waals surface area (Å²) in [6, 6.07) is 0.225. The largest absolute Gasteiger partial charge is 0.352 e. The maximum Gasteiger partial charge on any atom is 0.224 e. The molecule has 3 N–H and O–H groups in total. The normalized spacial score (nSPS) is 21.5. The monoisotopic (exact) mass is 182 g/mol. The minimum Gasteiger partial charge on any atom is -0.352 e. The van der Waals surface area contributed by atoms with E-state index in [1.807, 2.05) is 13.8 Å². The van der Waals surface area contributed by atoms with Crippen LogP contribution >= 0.6 is 0 Å². The van der Waals surface area contributed by atoms with Gasteiger partial charge in [-0.25, -0.2) is 0 Å². The fourth-order valence-electron chi connectivity index (χ4n) is 1.31. The van der Waals surface area contributed by atoms with Gasteiger partial charge in [-0.15, -0.1) is 0 Å². The Kier molecular flexibility index (Phi) is 3.48. The first-order valence-corrected chi connectivity index (χ1v) is 4.82. The summed E-state index contributed by atoms with van der Waals surface area (Å²) in [6.45, 7) is 3.72. The van der Waals surface area contributed by atoms with Crippen LogP contribution in [0.4, 0.5) is 0 Å². The molecule has 3 nitrogen and oxygen atoms in total. The predicted octanol–water partition coefficient (Wildman–Crippen LogP) is 0.804. The van der Waals surface area contributed by atoms with Gasteiger partial charge in [0.05, 0.1) is 0 Å². The number of nitrogens with two attached hydrogens (primary N) is 1. The van der Waals surface area contributed by atoms with Crippen molar-refractivity contribution in [3.8, 4) is 0 Å². The van der Waals surface area contributed by atoms with Gasteiger partial charge in [0, 0.05) is 18.0 Å². The number of amides is 1. The van der Waals surface area contributed by atoms with Gasteiger partial charge >= 0.3 is 0 Å². The summed E-state index contributed by atoms with van der Waals surface area (Å²) in [7, 11) is 0. The van der Waals surface area contributed by atoms with Crippen molar-refractivity contribution in [2.75, 3.05) is 0 Å². The first-order chi connectivity index (χ1) is 6.11. The zero-order valence-corrected chi connectivity index (χ0v) is 8.29. The molecule has 13 heavy (non-hydrogen) atoms. The lowest BCUT2D eigenvalue weighted by molar-refractivity contribution is -0.125. The molecule has 0 aromatic rings. The fourth-order valence-corrected chi connectivity index (χ4v) is 1.31. The first kappa shape index (κ1) is 10.3. The summed E-state index contributed by atoms with van der Waals surface area (Å²) >= 11 is 0. The van der Waals surface area contributed by atoms with Crippen molar-refractivity contribution in [3.63, 3.8) is 0 Å². The van der Waals surface area contributed by atoms with E-state index in [9.17, 15) is 4.79 Å². The number of hydrogen-bond donors (Lipinski definition) is 2. The van der Waals surface area contributed by atoms with Gasteiger partial charge in [0.1, 0.15) is 0 Å². The lowest BCUT2D eigenvalue weighted by atomic mass is 10.0. The van der Waals surface area contributed by atoms with Gasteiger partial charge in [0.2, 0.25) is 5.91 Å². The van der Waals surface area contributed by atoms with Gasteiger partial charge < -0.3 is 11.1 Å². The van der Waals surface area contributed by atoms with E-state index in [2.05, 4.69) is 17.5 Å². The van der Waals surface area contributed by atoms with Crippen molar-refractivity contribution in [1.29, 1.82) is 0 Å². The van der Waals surface area contributed by atoms with Gasteiger partial charge in [-0.2, -0.15) is 0 Å². The van der Waals surface area contributed by atoms with Crippen molar-refractivity contribution in [3.05, 3.63) is 12.2 Å². The van der Waals surface area contributed by atoms with Crippen molar-refractivity contribution in [2.24, 2.45) is 11.7 Å². The van der Waals surface area contributed by atoms with Gasteiger partial charge in [0.25, 0.3) is 0 Å². The molecule has 0 aromatic carbocycles. The topological polar surface area (TPSA) is 55.1 Å². The van der Waals surface area contributed by atoms with Crippen molar-refractivity contribution in [2.45, 2.75) is 38.8 Å².